The summed E-state index contributed by atoms with van der Waals surface area (Å²) in [6.07, 6.45) is 0. The number of halogens is 1. The number of anilines is 2. The summed E-state index contributed by atoms with van der Waals surface area (Å²) in [4.78, 5) is 12.0. The lowest BCUT2D eigenvalue weighted by Gasteiger charge is -2.10. The zero-order valence-corrected chi connectivity index (χ0v) is 10.5. The van der Waals surface area contributed by atoms with Crippen LogP contribution in [-0.2, 0) is 0 Å². The van der Waals surface area contributed by atoms with Gasteiger partial charge in [-0.1, -0.05) is 17.7 Å². The molecule has 5 nitrogen and oxygen atoms in total. The van der Waals surface area contributed by atoms with Crippen LogP contribution in [0.25, 0.3) is 0 Å². The van der Waals surface area contributed by atoms with Gasteiger partial charge in [0.15, 0.2) is 11.5 Å². The number of nitrogen functional groups attached to an aromatic ring is 1. The minimum absolute atomic E-state index is 0.0561. The van der Waals surface area contributed by atoms with Gasteiger partial charge in [-0.3, -0.25) is 4.79 Å². The highest BCUT2D eigenvalue weighted by Crippen LogP contribution is 2.30. The summed E-state index contributed by atoms with van der Waals surface area (Å²) in [5.74, 6) is -1.45. The van der Waals surface area contributed by atoms with Gasteiger partial charge in [0.2, 0.25) is 0 Å². The van der Waals surface area contributed by atoms with E-state index in [0.717, 1.165) is 0 Å². The molecule has 0 saturated heterocycles. The van der Waals surface area contributed by atoms with E-state index in [2.05, 4.69) is 5.32 Å². The summed E-state index contributed by atoms with van der Waals surface area (Å²) < 4.78 is 0. The standard InChI is InChI=1S/C13H11ClN2O3/c14-7-4-5-9(15)10(6-7)16-13(19)8-2-1-3-11(17)12(8)18/h1-6,17-18H,15H2,(H,16,19). The van der Waals surface area contributed by atoms with E-state index in [-0.39, 0.29) is 11.3 Å². The van der Waals surface area contributed by atoms with Crippen LogP contribution in [0.3, 0.4) is 0 Å². The van der Waals surface area contributed by atoms with Crippen molar-refractivity contribution in [2.24, 2.45) is 0 Å². The van der Waals surface area contributed by atoms with Crippen molar-refractivity contribution >= 4 is 28.9 Å². The molecule has 0 heterocycles. The maximum Gasteiger partial charge on any atom is 0.259 e. The molecule has 2 rings (SSSR count). The Balaban J connectivity index is 2.31. The fraction of sp³-hybridized carbons (Fsp3) is 0. The summed E-state index contributed by atoms with van der Waals surface area (Å²) >= 11 is 5.81. The first kappa shape index (κ1) is 13.0. The lowest BCUT2D eigenvalue weighted by Crippen LogP contribution is -2.13. The second kappa shape index (κ2) is 5.07. The number of hydrogen-bond acceptors (Lipinski definition) is 4. The molecule has 98 valence electrons. The van der Waals surface area contributed by atoms with Gasteiger partial charge in [0, 0.05) is 5.02 Å². The molecule has 0 atom stereocenters. The average molecular weight is 279 g/mol. The number of benzene rings is 2. The van der Waals surface area contributed by atoms with E-state index >= 15 is 0 Å². The molecule has 0 unspecified atom stereocenters. The van der Waals surface area contributed by atoms with Crippen molar-refractivity contribution in [1.82, 2.24) is 0 Å². The van der Waals surface area contributed by atoms with Crippen molar-refractivity contribution in [2.75, 3.05) is 11.1 Å². The zero-order valence-electron chi connectivity index (χ0n) is 9.72. The van der Waals surface area contributed by atoms with E-state index in [4.69, 9.17) is 17.3 Å². The maximum absolute atomic E-state index is 12.0. The Morgan fingerprint density at radius 1 is 1.21 bits per heavy atom. The van der Waals surface area contributed by atoms with E-state index in [9.17, 15) is 15.0 Å². The van der Waals surface area contributed by atoms with Gasteiger partial charge < -0.3 is 21.3 Å². The largest absolute Gasteiger partial charge is 0.504 e. The van der Waals surface area contributed by atoms with Gasteiger partial charge in [0.25, 0.3) is 5.91 Å². The monoisotopic (exact) mass is 278 g/mol. The number of amides is 1. The normalized spacial score (nSPS) is 10.2. The van der Waals surface area contributed by atoms with Gasteiger partial charge in [-0.05, 0) is 30.3 Å². The minimum Gasteiger partial charge on any atom is -0.504 e. The van der Waals surface area contributed by atoms with Gasteiger partial charge in [-0.25, -0.2) is 0 Å². The van der Waals surface area contributed by atoms with Gasteiger partial charge >= 0.3 is 0 Å². The third kappa shape index (κ3) is 2.71. The molecule has 5 N–H and O–H groups in total. The van der Waals surface area contributed by atoms with Gasteiger partial charge in [0.1, 0.15) is 0 Å². The summed E-state index contributed by atoms with van der Waals surface area (Å²) in [6.45, 7) is 0. The van der Waals surface area contributed by atoms with Crippen molar-refractivity contribution in [3.8, 4) is 11.5 Å². The van der Waals surface area contributed by atoms with Crippen molar-refractivity contribution < 1.29 is 15.0 Å². The van der Waals surface area contributed by atoms with Gasteiger partial charge in [-0.15, -0.1) is 0 Å². The van der Waals surface area contributed by atoms with E-state index in [0.29, 0.717) is 16.4 Å². The average Bonchev–Trinajstić information content (AvgIpc) is 2.37. The third-order valence-electron chi connectivity index (χ3n) is 2.52. The van der Waals surface area contributed by atoms with E-state index < -0.39 is 11.7 Å². The van der Waals surface area contributed by atoms with Gasteiger partial charge in [-0.2, -0.15) is 0 Å². The van der Waals surface area contributed by atoms with Crippen LogP contribution >= 0.6 is 11.6 Å². The molecular formula is C13H11ClN2O3. The molecule has 19 heavy (non-hydrogen) atoms. The SMILES string of the molecule is Nc1ccc(Cl)cc1NC(=O)c1cccc(O)c1O. The van der Waals surface area contributed by atoms with Crippen molar-refractivity contribution in [3.63, 3.8) is 0 Å². The van der Waals surface area contributed by atoms with Crippen molar-refractivity contribution in [2.45, 2.75) is 0 Å². The number of nitrogens with one attached hydrogen (secondary N) is 1. The minimum atomic E-state index is -0.595. The van der Waals surface area contributed by atoms with E-state index in [1.54, 1.807) is 12.1 Å². The Morgan fingerprint density at radius 2 is 1.95 bits per heavy atom. The number of carbonyl (C=O) groups excluding carboxylic acids is 1. The lowest BCUT2D eigenvalue weighted by molar-refractivity contribution is 0.102. The molecule has 0 aliphatic rings. The molecule has 2 aromatic rings. The summed E-state index contributed by atoms with van der Waals surface area (Å²) in [7, 11) is 0. The number of phenolic OH excluding ortho intramolecular Hbond substituents is 2. The predicted molar refractivity (Wildman–Crippen MR) is 73.6 cm³/mol. The topological polar surface area (TPSA) is 95.6 Å². The Labute approximate surface area is 114 Å². The Kier molecular flexibility index (Phi) is 3.48. The van der Waals surface area contributed by atoms with E-state index in [1.165, 1.54) is 24.3 Å². The number of nitrogens with two attached hydrogens (primary N) is 1. The molecule has 0 saturated carbocycles. The Morgan fingerprint density at radius 3 is 2.68 bits per heavy atom. The zero-order chi connectivity index (χ0) is 14.0. The number of hydrogen-bond donors (Lipinski definition) is 4. The molecule has 0 radical (unpaired) electrons. The van der Waals surface area contributed by atoms with Crippen LogP contribution in [0.15, 0.2) is 36.4 Å². The Bertz CT molecular complexity index is 644. The Hall–Kier alpha value is -2.40. The van der Waals surface area contributed by atoms with Crippen LogP contribution in [0.1, 0.15) is 10.4 Å². The highest BCUT2D eigenvalue weighted by Gasteiger charge is 2.15. The summed E-state index contributed by atoms with van der Waals surface area (Å²) in [5.41, 5.74) is 6.32. The molecule has 0 fully saturated rings. The number of aromatic hydroxyl groups is 2. The number of para-hydroxylation sites is 1. The van der Waals surface area contributed by atoms with Crippen molar-refractivity contribution in [1.29, 1.82) is 0 Å². The molecule has 2 aromatic carbocycles. The molecule has 6 heteroatoms. The lowest BCUT2D eigenvalue weighted by atomic mass is 10.1. The highest BCUT2D eigenvalue weighted by molar-refractivity contribution is 6.31. The second-order valence-corrected chi connectivity index (χ2v) is 4.30. The fourth-order valence-electron chi connectivity index (χ4n) is 1.54. The van der Waals surface area contributed by atoms with Crippen LogP contribution in [0.4, 0.5) is 11.4 Å². The predicted octanol–water partition coefficient (Wildman–Crippen LogP) is 2.59. The first-order valence-corrected chi connectivity index (χ1v) is 5.74. The number of rotatable bonds is 2. The van der Waals surface area contributed by atoms with Crippen LogP contribution in [0.2, 0.25) is 5.02 Å². The van der Waals surface area contributed by atoms with Crippen LogP contribution in [-0.4, -0.2) is 16.1 Å². The molecule has 0 bridgehead atoms. The van der Waals surface area contributed by atoms with Gasteiger partial charge in [0.05, 0.1) is 16.9 Å². The number of phenols is 2. The first-order chi connectivity index (χ1) is 8.99. The molecule has 0 aromatic heterocycles. The summed E-state index contributed by atoms with van der Waals surface area (Å²) in [6, 6.07) is 8.75. The maximum atomic E-state index is 12.0. The smallest absolute Gasteiger partial charge is 0.259 e. The van der Waals surface area contributed by atoms with Crippen LogP contribution in [0.5, 0.6) is 11.5 Å². The molecule has 1 amide bonds. The van der Waals surface area contributed by atoms with Crippen molar-refractivity contribution in [3.05, 3.63) is 47.0 Å². The van der Waals surface area contributed by atoms with Crippen LogP contribution in [0, 0.1) is 0 Å². The van der Waals surface area contributed by atoms with E-state index in [1.807, 2.05) is 0 Å². The highest BCUT2D eigenvalue weighted by atomic mass is 35.5. The number of carbonyl (C=O) groups is 1. The molecule has 0 spiro atoms. The summed E-state index contributed by atoms with van der Waals surface area (Å²) in [5, 5.41) is 21.9. The molecule has 0 aliphatic carbocycles. The fourth-order valence-corrected chi connectivity index (χ4v) is 1.71. The van der Waals surface area contributed by atoms with Crippen LogP contribution < -0.4 is 11.1 Å². The quantitative estimate of drug-likeness (QED) is 0.501. The molecular weight excluding hydrogens is 268 g/mol. The first-order valence-electron chi connectivity index (χ1n) is 5.36. The third-order valence-corrected chi connectivity index (χ3v) is 2.76. The second-order valence-electron chi connectivity index (χ2n) is 3.86. The molecule has 0 aliphatic heterocycles.